The molecule has 1 aromatic carbocycles. The lowest BCUT2D eigenvalue weighted by Gasteiger charge is -2.34. The van der Waals surface area contributed by atoms with Crippen molar-refractivity contribution in [2.24, 2.45) is 7.05 Å². The van der Waals surface area contributed by atoms with Crippen molar-refractivity contribution in [3.05, 3.63) is 48.7 Å². The Labute approximate surface area is 140 Å². The van der Waals surface area contributed by atoms with Crippen molar-refractivity contribution in [3.63, 3.8) is 0 Å². The van der Waals surface area contributed by atoms with E-state index in [0.29, 0.717) is 11.6 Å². The molecule has 24 heavy (non-hydrogen) atoms. The number of hydrogen-bond acceptors (Lipinski definition) is 4. The third-order valence-electron chi connectivity index (χ3n) is 4.54. The molecular weight excluding hydrogens is 305 g/mol. The molecule has 1 N–H and O–H groups in total. The first-order chi connectivity index (χ1) is 11.7. The summed E-state index contributed by atoms with van der Waals surface area (Å²) >= 11 is 0. The zero-order valence-electron chi connectivity index (χ0n) is 13.6. The highest BCUT2D eigenvalue weighted by Gasteiger charge is 2.21. The average Bonchev–Trinajstić information content (AvgIpc) is 3.02. The van der Waals surface area contributed by atoms with Crippen molar-refractivity contribution in [2.45, 2.75) is 18.9 Å². The Balaban J connectivity index is 1.55. The second-order valence-electron chi connectivity index (χ2n) is 6.32. The molecule has 2 aromatic heterocycles. The molecule has 1 atom stereocenters. The van der Waals surface area contributed by atoms with Crippen LogP contribution in [0.15, 0.2) is 42.9 Å². The van der Waals surface area contributed by atoms with E-state index in [-0.39, 0.29) is 5.82 Å². The van der Waals surface area contributed by atoms with E-state index in [0.717, 1.165) is 42.7 Å². The molecule has 0 bridgehead atoms. The Morgan fingerprint density at radius 2 is 2.21 bits per heavy atom. The molecule has 1 fully saturated rings. The SMILES string of the molecule is Cn1cc(N2CCCC(Nc3ccnc4cc(F)ccc34)C2)cn1. The molecule has 5 nitrogen and oxygen atoms in total. The Morgan fingerprint density at radius 1 is 1.29 bits per heavy atom. The van der Waals surface area contributed by atoms with Crippen LogP contribution in [-0.4, -0.2) is 33.9 Å². The van der Waals surface area contributed by atoms with Gasteiger partial charge in [0.2, 0.25) is 0 Å². The van der Waals surface area contributed by atoms with Gasteiger partial charge in [0, 0.05) is 55.7 Å². The molecule has 1 saturated heterocycles. The van der Waals surface area contributed by atoms with E-state index in [4.69, 9.17) is 0 Å². The van der Waals surface area contributed by atoms with Crippen LogP contribution < -0.4 is 10.2 Å². The second-order valence-corrected chi connectivity index (χ2v) is 6.32. The fourth-order valence-corrected chi connectivity index (χ4v) is 3.37. The zero-order chi connectivity index (χ0) is 16.5. The maximum atomic E-state index is 13.4. The standard InChI is InChI=1S/C18H20FN5/c1-23-12-15(10-21-23)24-8-2-3-14(11-24)22-17-6-7-20-18-9-13(19)4-5-16(17)18/h4-7,9-10,12,14H,2-3,8,11H2,1H3,(H,20,22). The minimum Gasteiger partial charge on any atom is -0.380 e. The molecule has 1 aliphatic heterocycles. The van der Waals surface area contributed by atoms with E-state index in [9.17, 15) is 4.39 Å². The van der Waals surface area contributed by atoms with E-state index in [1.54, 1.807) is 12.3 Å². The lowest BCUT2D eigenvalue weighted by molar-refractivity contribution is 0.530. The Morgan fingerprint density at radius 3 is 3.04 bits per heavy atom. The first-order valence-electron chi connectivity index (χ1n) is 8.23. The van der Waals surface area contributed by atoms with Crippen LogP contribution in [0, 0.1) is 5.82 Å². The first kappa shape index (κ1) is 14.9. The second kappa shape index (κ2) is 6.11. The number of fused-ring (bicyclic) bond motifs is 1. The van der Waals surface area contributed by atoms with Crippen molar-refractivity contribution < 1.29 is 4.39 Å². The number of anilines is 2. The van der Waals surface area contributed by atoms with E-state index < -0.39 is 0 Å². The summed E-state index contributed by atoms with van der Waals surface area (Å²) in [4.78, 5) is 6.62. The fraction of sp³-hybridized carbons (Fsp3) is 0.333. The number of aromatic nitrogens is 3. The van der Waals surface area contributed by atoms with Gasteiger partial charge in [-0.1, -0.05) is 0 Å². The summed E-state index contributed by atoms with van der Waals surface area (Å²) in [5.74, 6) is -0.257. The number of hydrogen-bond donors (Lipinski definition) is 1. The van der Waals surface area contributed by atoms with Gasteiger partial charge in [0.25, 0.3) is 0 Å². The molecule has 3 aromatic rings. The summed E-state index contributed by atoms with van der Waals surface area (Å²) in [6.07, 6.45) is 7.93. The van der Waals surface area contributed by atoms with Crippen LogP contribution >= 0.6 is 0 Å². The van der Waals surface area contributed by atoms with E-state index in [1.165, 1.54) is 12.1 Å². The summed E-state index contributed by atoms with van der Waals surface area (Å²) in [5.41, 5.74) is 2.85. The number of nitrogens with zero attached hydrogens (tertiary/aromatic N) is 4. The molecule has 0 radical (unpaired) electrons. The predicted octanol–water partition coefficient (Wildman–Crippen LogP) is 3.19. The van der Waals surface area contributed by atoms with E-state index >= 15 is 0 Å². The molecular formula is C18H20FN5. The highest BCUT2D eigenvalue weighted by Crippen LogP contribution is 2.26. The molecule has 4 rings (SSSR count). The van der Waals surface area contributed by atoms with Gasteiger partial charge in [-0.3, -0.25) is 9.67 Å². The summed E-state index contributed by atoms with van der Waals surface area (Å²) in [6, 6.07) is 7.06. The molecule has 1 aliphatic rings. The van der Waals surface area contributed by atoms with Gasteiger partial charge in [0.05, 0.1) is 17.4 Å². The average molecular weight is 325 g/mol. The minimum atomic E-state index is -0.257. The molecule has 0 amide bonds. The van der Waals surface area contributed by atoms with Crippen LogP contribution in [-0.2, 0) is 7.05 Å². The third kappa shape index (κ3) is 2.91. The van der Waals surface area contributed by atoms with E-state index in [2.05, 4.69) is 20.3 Å². The van der Waals surface area contributed by atoms with Gasteiger partial charge in [-0.25, -0.2) is 4.39 Å². The van der Waals surface area contributed by atoms with Crippen molar-refractivity contribution in [1.29, 1.82) is 0 Å². The smallest absolute Gasteiger partial charge is 0.125 e. The normalized spacial score (nSPS) is 18.1. The third-order valence-corrected chi connectivity index (χ3v) is 4.54. The van der Waals surface area contributed by atoms with Crippen LogP contribution in [0.4, 0.5) is 15.8 Å². The van der Waals surface area contributed by atoms with Gasteiger partial charge in [0.1, 0.15) is 5.82 Å². The summed E-state index contributed by atoms with van der Waals surface area (Å²) in [6.45, 7) is 1.98. The van der Waals surface area contributed by atoms with Crippen LogP contribution in [0.5, 0.6) is 0 Å². The quantitative estimate of drug-likeness (QED) is 0.803. The fourth-order valence-electron chi connectivity index (χ4n) is 3.37. The lowest BCUT2D eigenvalue weighted by atomic mass is 10.0. The van der Waals surface area contributed by atoms with Crippen LogP contribution in [0.25, 0.3) is 10.9 Å². The number of halogens is 1. The number of aryl methyl sites for hydroxylation is 1. The van der Waals surface area contributed by atoms with Crippen molar-refractivity contribution in [3.8, 4) is 0 Å². The van der Waals surface area contributed by atoms with Gasteiger partial charge < -0.3 is 10.2 Å². The molecule has 3 heterocycles. The predicted molar refractivity (Wildman–Crippen MR) is 93.8 cm³/mol. The Hall–Kier alpha value is -2.63. The summed E-state index contributed by atoms with van der Waals surface area (Å²) < 4.78 is 15.2. The van der Waals surface area contributed by atoms with Crippen molar-refractivity contribution >= 4 is 22.3 Å². The molecule has 6 heteroatoms. The van der Waals surface area contributed by atoms with Gasteiger partial charge in [-0.15, -0.1) is 0 Å². The van der Waals surface area contributed by atoms with Gasteiger partial charge >= 0.3 is 0 Å². The number of rotatable bonds is 3. The maximum absolute atomic E-state index is 13.4. The lowest BCUT2D eigenvalue weighted by Crippen LogP contribution is -2.42. The van der Waals surface area contributed by atoms with Crippen LogP contribution in [0.1, 0.15) is 12.8 Å². The van der Waals surface area contributed by atoms with Crippen molar-refractivity contribution in [2.75, 3.05) is 23.3 Å². The largest absolute Gasteiger partial charge is 0.380 e. The number of nitrogens with one attached hydrogen (secondary N) is 1. The summed E-state index contributed by atoms with van der Waals surface area (Å²) in [5, 5.41) is 8.84. The van der Waals surface area contributed by atoms with Crippen LogP contribution in [0.3, 0.4) is 0 Å². The summed E-state index contributed by atoms with van der Waals surface area (Å²) in [7, 11) is 1.94. The van der Waals surface area contributed by atoms with Gasteiger partial charge in [-0.2, -0.15) is 5.10 Å². The highest BCUT2D eigenvalue weighted by molar-refractivity contribution is 5.91. The van der Waals surface area contributed by atoms with Gasteiger partial charge in [0.15, 0.2) is 0 Å². The molecule has 0 saturated carbocycles. The van der Waals surface area contributed by atoms with Gasteiger partial charge in [-0.05, 0) is 31.0 Å². The van der Waals surface area contributed by atoms with E-state index in [1.807, 2.05) is 30.2 Å². The molecule has 0 aliphatic carbocycles. The number of benzene rings is 1. The first-order valence-corrected chi connectivity index (χ1v) is 8.23. The Bertz CT molecular complexity index is 859. The topological polar surface area (TPSA) is 46.0 Å². The Kier molecular flexibility index (Phi) is 3.80. The number of piperidine rings is 1. The van der Waals surface area contributed by atoms with Crippen LogP contribution in [0.2, 0.25) is 0 Å². The zero-order valence-corrected chi connectivity index (χ0v) is 13.6. The molecule has 0 spiro atoms. The molecule has 1 unspecified atom stereocenters. The maximum Gasteiger partial charge on any atom is 0.125 e. The minimum absolute atomic E-state index is 0.257. The monoisotopic (exact) mass is 325 g/mol. The number of pyridine rings is 1. The highest BCUT2D eigenvalue weighted by atomic mass is 19.1. The van der Waals surface area contributed by atoms with Crippen molar-refractivity contribution in [1.82, 2.24) is 14.8 Å². The molecule has 124 valence electrons.